The van der Waals surface area contributed by atoms with Crippen molar-refractivity contribution in [1.29, 1.82) is 0 Å². The van der Waals surface area contributed by atoms with E-state index in [2.05, 4.69) is 30.7 Å². The molecule has 1 saturated heterocycles. The fourth-order valence-electron chi connectivity index (χ4n) is 4.24. The fraction of sp³-hybridized carbons (Fsp3) is 0.458. The van der Waals surface area contributed by atoms with Crippen LogP contribution in [0.15, 0.2) is 30.9 Å². The molecule has 0 bridgehead atoms. The van der Waals surface area contributed by atoms with Gasteiger partial charge in [0.05, 0.1) is 36.0 Å². The second-order valence-corrected chi connectivity index (χ2v) is 10.1. The maximum atomic E-state index is 12.1. The molecular weight excluding hydrogens is 448 g/mol. The third kappa shape index (κ3) is 4.88. The number of anilines is 2. The summed E-state index contributed by atoms with van der Waals surface area (Å²) in [5.41, 5.74) is 4.50. The molecule has 5 rings (SSSR count). The van der Waals surface area contributed by atoms with E-state index in [9.17, 15) is 4.79 Å². The van der Waals surface area contributed by atoms with Crippen molar-refractivity contribution in [3.8, 4) is 11.3 Å². The fourth-order valence-corrected chi connectivity index (χ4v) is 4.90. The van der Waals surface area contributed by atoms with Gasteiger partial charge in [0.25, 0.3) is 0 Å². The van der Waals surface area contributed by atoms with Gasteiger partial charge in [0.1, 0.15) is 5.00 Å². The SMILES string of the molecule is Cc1cn2c(-c3cnn(CC(=O)C(C)C)c3)cnc2c(Nc2cc(CN3CCCCC3)ns2)n1. The smallest absolute Gasteiger partial charge is 0.180 e. The van der Waals surface area contributed by atoms with Gasteiger partial charge < -0.3 is 5.32 Å². The average molecular weight is 479 g/mol. The average Bonchev–Trinajstić information content (AvgIpc) is 3.54. The Morgan fingerprint density at radius 1 is 1.18 bits per heavy atom. The van der Waals surface area contributed by atoms with Crippen LogP contribution >= 0.6 is 11.5 Å². The van der Waals surface area contributed by atoms with Crippen LogP contribution < -0.4 is 5.32 Å². The number of hydrogen-bond donors (Lipinski definition) is 1. The summed E-state index contributed by atoms with van der Waals surface area (Å²) in [4.78, 5) is 23.9. The van der Waals surface area contributed by atoms with Crippen molar-refractivity contribution in [2.45, 2.75) is 53.1 Å². The molecular formula is C24H30N8OS. The lowest BCUT2D eigenvalue weighted by Gasteiger charge is -2.25. The normalized spacial score (nSPS) is 14.8. The van der Waals surface area contributed by atoms with E-state index in [0.717, 1.165) is 52.9 Å². The lowest BCUT2D eigenvalue weighted by molar-refractivity contribution is -0.122. The van der Waals surface area contributed by atoms with Crippen molar-refractivity contribution in [3.05, 3.63) is 42.2 Å². The first kappa shape index (κ1) is 22.7. The zero-order valence-electron chi connectivity index (χ0n) is 19.9. The highest BCUT2D eigenvalue weighted by Crippen LogP contribution is 2.28. The molecule has 1 N–H and O–H groups in total. The Balaban J connectivity index is 1.37. The summed E-state index contributed by atoms with van der Waals surface area (Å²) in [5.74, 6) is 0.836. The minimum Gasteiger partial charge on any atom is -0.328 e. The van der Waals surface area contributed by atoms with E-state index in [1.807, 2.05) is 43.8 Å². The molecule has 10 heteroatoms. The Morgan fingerprint density at radius 3 is 2.79 bits per heavy atom. The Kier molecular flexibility index (Phi) is 6.42. The number of ketones is 1. The number of aromatic nitrogens is 6. The van der Waals surface area contributed by atoms with Crippen LogP contribution in [0, 0.1) is 12.8 Å². The summed E-state index contributed by atoms with van der Waals surface area (Å²) in [5, 5.41) is 8.76. The molecule has 178 valence electrons. The number of likely N-dealkylation sites (tertiary alicyclic amines) is 1. The summed E-state index contributed by atoms with van der Waals surface area (Å²) < 4.78 is 8.35. The Labute approximate surface area is 203 Å². The molecule has 0 radical (unpaired) electrons. The molecule has 1 aliphatic rings. The summed E-state index contributed by atoms with van der Waals surface area (Å²) >= 11 is 1.45. The van der Waals surface area contributed by atoms with Crippen LogP contribution in [-0.4, -0.2) is 52.3 Å². The van der Waals surface area contributed by atoms with Crippen LogP contribution in [0.1, 0.15) is 44.5 Å². The number of aryl methyl sites for hydroxylation is 1. The third-order valence-electron chi connectivity index (χ3n) is 6.14. The zero-order valence-corrected chi connectivity index (χ0v) is 20.7. The van der Waals surface area contributed by atoms with E-state index in [-0.39, 0.29) is 18.2 Å². The van der Waals surface area contributed by atoms with Crippen molar-refractivity contribution in [1.82, 2.24) is 33.4 Å². The van der Waals surface area contributed by atoms with Gasteiger partial charge in [0, 0.05) is 30.4 Å². The van der Waals surface area contributed by atoms with Gasteiger partial charge in [0.15, 0.2) is 17.2 Å². The maximum absolute atomic E-state index is 12.1. The largest absolute Gasteiger partial charge is 0.328 e. The number of nitrogens with one attached hydrogen (secondary N) is 1. The summed E-state index contributed by atoms with van der Waals surface area (Å²) in [6.45, 7) is 9.24. The third-order valence-corrected chi connectivity index (χ3v) is 6.88. The molecule has 1 fully saturated rings. The standard InChI is InChI=1S/C24H30N8OS/c1-16(2)21(33)15-31-13-18(10-26-31)20-11-25-24-23(27-17(3)12-32(20)24)28-22-9-19(29-34-22)14-30-7-5-4-6-8-30/h9-13,16H,4-8,14-15H2,1-3H3,(H,27,28). The van der Waals surface area contributed by atoms with Crippen molar-refractivity contribution in [2.75, 3.05) is 18.4 Å². The molecule has 34 heavy (non-hydrogen) atoms. The van der Waals surface area contributed by atoms with Gasteiger partial charge in [-0.2, -0.15) is 9.47 Å². The minimum absolute atomic E-state index is 0.0158. The van der Waals surface area contributed by atoms with Crippen molar-refractivity contribution >= 4 is 33.8 Å². The van der Waals surface area contributed by atoms with E-state index in [1.54, 1.807) is 10.9 Å². The van der Waals surface area contributed by atoms with Gasteiger partial charge in [0.2, 0.25) is 0 Å². The Bertz CT molecular complexity index is 1300. The Morgan fingerprint density at radius 2 is 2.00 bits per heavy atom. The monoisotopic (exact) mass is 478 g/mol. The highest BCUT2D eigenvalue weighted by Gasteiger charge is 2.17. The highest BCUT2D eigenvalue weighted by molar-refractivity contribution is 7.10. The van der Waals surface area contributed by atoms with Gasteiger partial charge in [-0.15, -0.1) is 0 Å². The molecule has 0 aromatic carbocycles. The number of hydrogen-bond acceptors (Lipinski definition) is 8. The van der Waals surface area contributed by atoms with Gasteiger partial charge in [-0.3, -0.25) is 18.8 Å². The van der Waals surface area contributed by atoms with E-state index in [4.69, 9.17) is 4.98 Å². The summed E-state index contributed by atoms with van der Waals surface area (Å²) in [7, 11) is 0. The molecule has 0 unspecified atom stereocenters. The van der Waals surface area contributed by atoms with E-state index >= 15 is 0 Å². The predicted molar refractivity (Wildman–Crippen MR) is 133 cm³/mol. The van der Waals surface area contributed by atoms with Crippen LogP contribution in [-0.2, 0) is 17.9 Å². The molecule has 0 aliphatic carbocycles. The van der Waals surface area contributed by atoms with E-state index in [1.165, 1.54) is 30.8 Å². The topological polar surface area (TPSA) is 93.2 Å². The molecule has 5 heterocycles. The highest BCUT2D eigenvalue weighted by atomic mass is 32.1. The first-order chi connectivity index (χ1) is 16.5. The summed E-state index contributed by atoms with van der Waals surface area (Å²) in [6.07, 6.45) is 11.3. The molecule has 4 aromatic rings. The van der Waals surface area contributed by atoms with Crippen LogP contribution in [0.3, 0.4) is 0 Å². The van der Waals surface area contributed by atoms with Crippen molar-refractivity contribution in [3.63, 3.8) is 0 Å². The number of piperidine rings is 1. The first-order valence-electron chi connectivity index (χ1n) is 11.8. The number of Topliss-reactive ketones (excluding diaryl/α,β-unsaturated/α-hetero) is 1. The maximum Gasteiger partial charge on any atom is 0.180 e. The second kappa shape index (κ2) is 9.63. The van der Waals surface area contributed by atoms with Gasteiger partial charge in [-0.1, -0.05) is 20.3 Å². The second-order valence-electron chi connectivity index (χ2n) is 9.26. The zero-order chi connectivity index (χ0) is 23.7. The molecule has 4 aromatic heterocycles. The van der Waals surface area contributed by atoms with Crippen molar-refractivity contribution < 1.29 is 4.79 Å². The number of rotatable bonds is 8. The predicted octanol–water partition coefficient (Wildman–Crippen LogP) is 4.31. The molecule has 9 nitrogen and oxygen atoms in total. The molecule has 0 saturated carbocycles. The van der Waals surface area contributed by atoms with Crippen LogP contribution in [0.2, 0.25) is 0 Å². The van der Waals surface area contributed by atoms with Gasteiger partial charge in [-0.05, 0) is 50.5 Å². The van der Waals surface area contributed by atoms with Crippen LogP contribution in [0.5, 0.6) is 0 Å². The lowest BCUT2D eigenvalue weighted by Crippen LogP contribution is -2.29. The summed E-state index contributed by atoms with van der Waals surface area (Å²) in [6, 6.07) is 2.11. The van der Waals surface area contributed by atoms with Gasteiger partial charge >= 0.3 is 0 Å². The molecule has 0 amide bonds. The molecule has 0 spiro atoms. The van der Waals surface area contributed by atoms with Crippen molar-refractivity contribution in [2.24, 2.45) is 5.92 Å². The van der Waals surface area contributed by atoms with Crippen LogP contribution in [0.4, 0.5) is 10.8 Å². The number of carbonyl (C=O) groups excluding carboxylic acids is 1. The number of imidazole rings is 1. The molecule has 0 atom stereocenters. The molecule has 1 aliphatic heterocycles. The van der Waals surface area contributed by atoms with Gasteiger partial charge in [-0.25, -0.2) is 9.97 Å². The quantitative estimate of drug-likeness (QED) is 0.403. The minimum atomic E-state index is -0.0158. The Hall–Kier alpha value is -3.11. The lowest BCUT2D eigenvalue weighted by atomic mass is 10.1. The van der Waals surface area contributed by atoms with E-state index < -0.39 is 0 Å². The first-order valence-corrected chi connectivity index (χ1v) is 12.6. The van der Waals surface area contributed by atoms with E-state index in [0.29, 0.717) is 5.82 Å². The van der Waals surface area contributed by atoms with Crippen LogP contribution in [0.25, 0.3) is 16.9 Å². The number of nitrogens with zero attached hydrogens (tertiary/aromatic N) is 7. The number of fused-ring (bicyclic) bond motifs is 1. The number of carbonyl (C=O) groups is 1.